The van der Waals surface area contributed by atoms with Gasteiger partial charge in [0.15, 0.2) is 11.4 Å². The van der Waals surface area contributed by atoms with Gasteiger partial charge in [0.05, 0.1) is 11.6 Å². The second-order valence-electron chi connectivity index (χ2n) is 14.4. The Morgan fingerprint density at radius 2 is 1.57 bits per heavy atom. The first-order chi connectivity index (χ1) is 22.2. The number of carbonyl (C=O) groups is 3. The van der Waals surface area contributed by atoms with Crippen LogP contribution in [-0.2, 0) is 33.6 Å². The molecule has 0 saturated heterocycles. The van der Waals surface area contributed by atoms with Crippen molar-refractivity contribution >= 4 is 28.9 Å². The number of fused-ring (bicyclic) bond motifs is 3. The van der Waals surface area contributed by atoms with Crippen molar-refractivity contribution in [3.8, 4) is 5.75 Å². The van der Waals surface area contributed by atoms with Gasteiger partial charge in [0.25, 0.3) is 5.91 Å². The molecule has 0 unspecified atom stereocenters. The summed E-state index contributed by atoms with van der Waals surface area (Å²) in [7, 11) is 6.96. The number of primary amides is 1. The number of Topliss-reactive ketones (excluding diaryl/α,β-unsaturated/α-hetero) is 2. The Kier molecular flexibility index (Phi) is 8.47. The Balaban J connectivity index is 1.36. The highest BCUT2D eigenvalue weighted by Crippen LogP contribution is 2.54. The van der Waals surface area contributed by atoms with E-state index in [1.54, 1.807) is 14.1 Å². The SMILES string of the molecule is CN(C)c1cc(CC2CCC(Cc3ccccc3)CC2)c(O)c2c1C[C@@H]1C[C@@H]3[C@@H](N(C)C)C(=O)C(C(N)=O)=C(O)[C@]3(O)C(=O)C1=C2O. The highest BCUT2D eigenvalue weighted by atomic mass is 16.3. The average Bonchev–Trinajstić information content (AvgIpc) is 3.01. The first kappa shape index (κ1) is 32.8. The van der Waals surface area contributed by atoms with Crippen molar-refractivity contribution in [2.24, 2.45) is 29.4 Å². The zero-order chi connectivity index (χ0) is 33.9. The number of phenolic OH excluding ortho intramolecular Hbond substituents is 1. The Bertz CT molecular complexity index is 1690. The number of aromatic hydroxyl groups is 1. The Hall–Kier alpha value is -4.15. The Labute approximate surface area is 275 Å². The molecule has 6 rings (SSSR count). The van der Waals surface area contributed by atoms with E-state index in [1.807, 2.05) is 31.1 Å². The number of aliphatic hydroxyl groups excluding tert-OH is 2. The van der Waals surface area contributed by atoms with Crippen LogP contribution in [0.1, 0.15) is 54.4 Å². The van der Waals surface area contributed by atoms with Gasteiger partial charge in [-0.3, -0.25) is 19.3 Å². The Morgan fingerprint density at radius 3 is 2.15 bits per heavy atom. The summed E-state index contributed by atoms with van der Waals surface area (Å²) in [4.78, 5) is 43.3. The number of ketones is 2. The van der Waals surface area contributed by atoms with Crippen LogP contribution in [0.2, 0.25) is 0 Å². The van der Waals surface area contributed by atoms with Crippen LogP contribution >= 0.6 is 0 Å². The number of carbonyl (C=O) groups excluding carboxylic acids is 3. The zero-order valence-corrected chi connectivity index (χ0v) is 27.5. The van der Waals surface area contributed by atoms with Crippen LogP contribution in [0.5, 0.6) is 5.75 Å². The van der Waals surface area contributed by atoms with Crippen molar-refractivity contribution in [3.63, 3.8) is 0 Å². The van der Waals surface area contributed by atoms with Crippen LogP contribution in [0.25, 0.3) is 5.76 Å². The zero-order valence-electron chi connectivity index (χ0n) is 27.5. The number of phenols is 1. The fourth-order valence-corrected chi connectivity index (χ4v) is 8.80. The predicted octanol–water partition coefficient (Wildman–Crippen LogP) is 3.62. The second-order valence-corrected chi connectivity index (χ2v) is 14.4. The Morgan fingerprint density at radius 1 is 0.957 bits per heavy atom. The molecule has 0 radical (unpaired) electrons. The van der Waals surface area contributed by atoms with E-state index >= 15 is 0 Å². The molecule has 2 fully saturated rings. The number of amides is 1. The molecule has 4 aliphatic rings. The van der Waals surface area contributed by atoms with Crippen molar-refractivity contribution in [2.75, 3.05) is 33.1 Å². The van der Waals surface area contributed by atoms with Gasteiger partial charge in [-0.2, -0.15) is 0 Å². The first-order valence-electron chi connectivity index (χ1n) is 16.5. The minimum atomic E-state index is -2.65. The van der Waals surface area contributed by atoms with Crippen LogP contribution in [0.15, 0.2) is 53.3 Å². The van der Waals surface area contributed by atoms with E-state index in [-0.39, 0.29) is 29.7 Å². The molecule has 4 aliphatic carbocycles. The molecule has 0 bridgehead atoms. The molecular formula is C37H45N3O7. The van der Waals surface area contributed by atoms with Gasteiger partial charge in [-0.25, -0.2) is 0 Å². The van der Waals surface area contributed by atoms with Gasteiger partial charge in [0.2, 0.25) is 5.78 Å². The molecule has 0 aliphatic heterocycles. The summed E-state index contributed by atoms with van der Waals surface area (Å²) in [5.41, 5.74) is 5.51. The maximum Gasteiger partial charge on any atom is 0.255 e. The molecule has 1 amide bonds. The molecule has 2 aromatic carbocycles. The van der Waals surface area contributed by atoms with Crippen LogP contribution in [0.4, 0.5) is 5.69 Å². The number of benzene rings is 2. The van der Waals surface area contributed by atoms with Crippen LogP contribution in [-0.4, -0.2) is 82.6 Å². The molecule has 0 aromatic heterocycles. The molecule has 2 saturated carbocycles. The van der Waals surface area contributed by atoms with Gasteiger partial charge in [-0.1, -0.05) is 30.3 Å². The van der Waals surface area contributed by atoms with Gasteiger partial charge < -0.3 is 31.1 Å². The molecule has 250 valence electrons. The van der Waals surface area contributed by atoms with Gasteiger partial charge in [-0.05, 0) is 106 Å². The van der Waals surface area contributed by atoms with Crippen molar-refractivity contribution in [1.29, 1.82) is 0 Å². The highest BCUT2D eigenvalue weighted by molar-refractivity contribution is 6.24. The molecule has 0 heterocycles. The number of anilines is 1. The lowest BCUT2D eigenvalue weighted by Gasteiger charge is -2.50. The summed E-state index contributed by atoms with van der Waals surface area (Å²) in [5.74, 6) is -5.38. The summed E-state index contributed by atoms with van der Waals surface area (Å²) in [6, 6.07) is 11.4. The minimum Gasteiger partial charge on any atom is -0.508 e. The fraction of sp³-hybridized carbons (Fsp3) is 0.486. The third kappa shape index (κ3) is 5.31. The number of hydrogen-bond donors (Lipinski definition) is 5. The second kappa shape index (κ2) is 12.1. The molecule has 47 heavy (non-hydrogen) atoms. The van der Waals surface area contributed by atoms with Gasteiger partial charge in [-0.15, -0.1) is 0 Å². The van der Waals surface area contributed by atoms with Gasteiger partial charge >= 0.3 is 0 Å². The molecule has 10 nitrogen and oxygen atoms in total. The molecular weight excluding hydrogens is 598 g/mol. The number of rotatable bonds is 7. The summed E-state index contributed by atoms with van der Waals surface area (Å²) >= 11 is 0. The highest BCUT2D eigenvalue weighted by Gasteiger charge is 2.64. The third-order valence-electron chi connectivity index (χ3n) is 11.1. The third-order valence-corrected chi connectivity index (χ3v) is 11.1. The van der Waals surface area contributed by atoms with E-state index in [0.29, 0.717) is 29.4 Å². The number of hydrogen-bond acceptors (Lipinski definition) is 9. The number of aliphatic hydroxyl groups is 3. The lowest BCUT2D eigenvalue weighted by Crippen LogP contribution is -2.65. The summed E-state index contributed by atoms with van der Waals surface area (Å²) < 4.78 is 0. The molecule has 6 N–H and O–H groups in total. The lowest BCUT2D eigenvalue weighted by molar-refractivity contribution is -0.153. The lowest BCUT2D eigenvalue weighted by atomic mass is 9.57. The average molecular weight is 644 g/mol. The first-order valence-corrected chi connectivity index (χ1v) is 16.5. The maximum absolute atomic E-state index is 14.2. The molecule has 0 spiro atoms. The van der Waals surface area contributed by atoms with E-state index in [0.717, 1.165) is 37.8 Å². The summed E-state index contributed by atoms with van der Waals surface area (Å²) in [5, 5.41) is 46.6. The number of nitrogens with two attached hydrogens (primary N) is 1. The standard InChI is InChI=1S/C37H45N3O7/c1-39(2)26-18-23(15-21-12-10-20(11-13-21)14-19-8-6-5-7-9-19)31(41)28-24(26)16-22-17-25-30(40(3)4)33(43)29(36(38)46)35(45)37(25,47)34(44)27(22)32(28)42/h5-9,18,20-22,25,30,41-42,45,47H,10-17H2,1-4H3,(H2,38,46)/t20?,21?,22-,25-,30-,37-/m1/s1. The summed E-state index contributed by atoms with van der Waals surface area (Å²) in [6.07, 6.45) is 6.23. The topological polar surface area (TPSA) is 165 Å². The van der Waals surface area contributed by atoms with Crippen molar-refractivity contribution < 1.29 is 34.8 Å². The van der Waals surface area contributed by atoms with E-state index < -0.39 is 58.0 Å². The predicted molar refractivity (Wildman–Crippen MR) is 178 cm³/mol. The van der Waals surface area contributed by atoms with Gasteiger partial charge in [0, 0.05) is 31.3 Å². The van der Waals surface area contributed by atoms with Crippen LogP contribution < -0.4 is 10.6 Å². The fourth-order valence-electron chi connectivity index (χ4n) is 8.80. The molecule has 2 aromatic rings. The molecule has 10 heteroatoms. The number of likely N-dealkylation sites (N-methyl/N-ethyl adjacent to an activating group) is 1. The normalized spacial score (nSPS) is 29.0. The van der Waals surface area contributed by atoms with Crippen LogP contribution in [0, 0.1) is 23.7 Å². The van der Waals surface area contributed by atoms with Crippen molar-refractivity contribution in [2.45, 2.75) is 63.0 Å². The van der Waals surface area contributed by atoms with E-state index in [9.17, 15) is 34.8 Å². The minimum absolute atomic E-state index is 0.0629. The van der Waals surface area contributed by atoms with Crippen LogP contribution in [0.3, 0.4) is 0 Å². The van der Waals surface area contributed by atoms with E-state index in [1.165, 1.54) is 10.5 Å². The molecule has 4 atom stereocenters. The summed E-state index contributed by atoms with van der Waals surface area (Å²) in [6.45, 7) is 0. The smallest absolute Gasteiger partial charge is 0.255 e. The monoisotopic (exact) mass is 643 g/mol. The van der Waals surface area contributed by atoms with Crippen molar-refractivity contribution in [1.82, 2.24) is 4.90 Å². The number of nitrogens with zero attached hydrogens (tertiary/aromatic N) is 2. The maximum atomic E-state index is 14.2. The largest absolute Gasteiger partial charge is 0.508 e. The van der Waals surface area contributed by atoms with E-state index in [2.05, 4.69) is 24.3 Å². The van der Waals surface area contributed by atoms with E-state index in [4.69, 9.17) is 5.73 Å². The van der Waals surface area contributed by atoms with Gasteiger partial charge in [0.1, 0.15) is 22.8 Å². The van der Waals surface area contributed by atoms with Crippen molar-refractivity contribution in [3.05, 3.63) is 75.6 Å². The quantitative estimate of drug-likeness (QED) is 0.284.